The van der Waals surface area contributed by atoms with Crippen molar-refractivity contribution in [1.29, 1.82) is 0 Å². The maximum Gasteiger partial charge on any atom is 0.303 e. The zero-order valence-electron chi connectivity index (χ0n) is 20.1. The van der Waals surface area contributed by atoms with Crippen LogP contribution in [0.2, 0.25) is 0 Å². The van der Waals surface area contributed by atoms with Crippen molar-refractivity contribution in [2.45, 2.75) is 58.3 Å². The standard InChI is InChI=1S/C21H23N5O11/c1-10(27)33-9-17-18(34-11(2)28)19(35-12(3)29)20(36-13(4)30)21(37-17)25-8-16(23-24-25)15-6-5-14(7-22-15)26(31)32/h5-8,17-21H,9H2,1-4H3/t17-,18-,19+,20-,21-/m1/s1. The molecule has 1 fully saturated rings. The largest absolute Gasteiger partial charge is 0.463 e. The quantitative estimate of drug-likeness (QED) is 0.201. The molecule has 16 nitrogen and oxygen atoms in total. The molecule has 3 heterocycles. The van der Waals surface area contributed by atoms with Gasteiger partial charge in [-0.3, -0.25) is 29.3 Å². The zero-order valence-corrected chi connectivity index (χ0v) is 20.1. The van der Waals surface area contributed by atoms with E-state index in [0.29, 0.717) is 0 Å². The van der Waals surface area contributed by atoms with Crippen molar-refractivity contribution in [1.82, 2.24) is 20.0 Å². The lowest BCUT2D eigenvalue weighted by Crippen LogP contribution is -2.60. The molecule has 1 saturated heterocycles. The molecule has 0 aromatic carbocycles. The van der Waals surface area contributed by atoms with Gasteiger partial charge in [-0.2, -0.15) is 0 Å². The van der Waals surface area contributed by atoms with Crippen LogP contribution in [0.15, 0.2) is 24.5 Å². The predicted octanol–water partition coefficient (Wildman–Crippen LogP) is 0.504. The van der Waals surface area contributed by atoms with Crippen LogP contribution < -0.4 is 0 Å². The number of carbonyl (C=O) groups is 4. The van der Waals surface area contributed by atoms with Gasteiger partial charge in [-0.15, -0.1) is 5.10 Å². The van der Waals surface area contributed by atoms with Crippen LogP contribution in [0, 0.1) is 10.1 Å². The Bertz CT molecular complexity index is 1180. The number of rotatable bonds is 8. The number of nitro groups is 1. The van der Waals surface area contributed by atoms with Crippen LogP contribution in [0.3, 0.4) is 0 Å². The summed E-state index contributed by atoms with van der Waals surface area (Å²) >= 11 is 0. The van der Waals surface area contributed by atoms with Crippen molar-refractivity contribution in [3.63, 3.8) is 0 Å². The molecular weight excluding hydrogens is 498 g/mol. The molecule has 2 aromatic rings. The van der Waals surface area contributed by atoms with Gasteiger partial charge < -0.3 is 23.7 Å². The van der Waals surface area contributed by atoms with Crippen LogP contribution in [0.4, 0.5) is 5.69 Å². The van der Waals surface area contributed by atoms with Crippen LogP contribution in [-0.4, -0.2) is 79.8 Å². The summed E-state index contributed by atoms with van der Waals surface area (Å²) in [7, 11) is 0. The molecule has 0 N–H and O–H groups in total. The normalized spacial score (nSPS) is 23.0. The zero-order chi connectivity index (χ0) is 27.3. The molecule has 0 amide bonds. The summed E-state index contributed by atoms with van der Waals surface area (Å²) in [4.78, 5) is 61.4. The molecule has 5 atom stereocenters. The lowest BCUT2D eigenvalue weighted by molar-refractivity contribution is -0.385. The van der Waals surface area contributed by atoms with E-state index < -0.39 is 66.1 Å². The topological polar surface area (TPSA) is 201 Å². The molecule has 1 aliphatic heterocycles. The summed E-state index contributed by atoms with van der Waals surface area (Å²) in [5, 5.41) is 18.9. The molecule has 0 unspecified atom stereocenters. The van der Waals surface area contributed by atoms with E-state index in [0.717, 1.165) is 38.6 Å². The number of hydrogen-bond donors (Lipinski definition) is 0. The van der Waals surface area contributed by atoms with E-state index >= 15 is 0 Å². The van der Waals surface area contributed by atoms with Gasteiger partial charge in [-0.05, 0) is 6.07 Å². The van der Waals surface area contributed by atoms with Crippen LogP contribution in [0.25, 0.3) is 11.4 Å². The minimum absolute atomic E-state index is 0.183. The van der Waals surface area contributed by atoms with Gasteiger partial charge in [0.1, 0.15) is 24.6 Å². The minimum Gasteiger partial charge on any atom is -0.463 e. The second kappa shape index (κ2) is 11.5. The van der Waals surface area contributed by atoms with Gasteiger partial charge >= 0.3 is 23.9 Å². The van der Waals surface area contributed by atoms with E-state index in [9.17, 15) is 29.3 Å². The SMILES string of the molecule is CC(=O)OC[C@H]1O[C@@H](n2cc(-c3ccc([N+](=O)[O-])cn3)nn2)[C@H](OC(C)=O)[C@@H](OC(C)=O)[C@@H]1OC(C)=O. The number of esters is 4. The molecule has 37 heavy (non-hydrogen) atoms. The summed E-state index contributed by atoms with van der Waals surface area (Å²) in [6.07, 6.45) is -4.13. The van der Waals surface area contributed by atoms with Gasteiger partial charge in [0.15, 0.2) is 24.5 Å². The molecule has 3 rings (SSSR count). The molecule has 198 valence electrons. The number of aromatic nitrogens is 4. The fraction of sp³-hybridized carbons (Fsp3) is 0.476. The summed E-state index contributed by atoms with van der Waals surface area (Å²) in [5.74, 6) is -2.96. The Labute approximate surface area is 208 Å². The summed E-state index contributed by atoms with van der Waals surface area (Å²) in [6.45, 7) is 4.09. The van der Waals surface area contributed by atoms with Gasteiger partial charge in [0.2, 0.25) is 0 Å². The lowest BCUT2D eigenvalue weighted by Gasteiger charge is -2.44. The second-order valence-electron chi connectivity index (χ2n) is 7.83. The Balaban J connectivity index is 2.02. The van der Waals surface area contributed by atoms with E-state index in [2.05, 4.69) is 15.3 Å². The Hall–Kier alpha value is -4.47. The van der Waals surface area contributed by atoms with E-state index in [1.165, 1.54) is 18.3 Å². The van der Waals surface area contributed by atoms with Crippen molar-refractivity contribution in [3.05, 3.63) is 34.6 Å². The number of carbonyl (C=O) groups excluding carboxylic acids is 4. The fourth-order valence-electron chi connectivity index (χ4n) is 3.58. The monoisotopic (exact) mass is 521 g/mol. The van der Waals surface area contributed by atoms with Crippen LogP contribution in [0.1, 0.15) is 33.9 Å². The van der Waals surface area contributed by atoms with Crippen molar-refractivity contribution < 1.29 is 47.8 Å². The Kier molecular flexibility index (Phi) is 8.44. The van der Waals surface area contributed by atoms with Gasteiger partial charge in [0.25, 0.3) is 5.69 Å². The Morgan fingerprint density at radius 2 is 1.57 bits per heavy atom. The highest BCUT2D eigenvalue weighted by atomic mass is 16.7. The molecule has 0 radical (unpaired) electrons. The molecular formula is C21H23N5O11. The Morgan fingerprint density at radius 1 is 0.946 bits per heavy atom. The highest BCUT2D eigenvalue weighted by Gasteiger charge is 2.53. The van der Waals surface area contributed by atoms with E-state index in [4.69, 9.17) is 23.7 Å². The summed E-state index contributed by atoms with van der Waals surface area (Å²) in [6, 6.07) is 2.59. The summed E-state index contributed by atoms with van der Waals surface area (Å²) in [5.41, 5.74) is 0.195. The molecule has 0 aliphatic carbocycles. The van der Waals surface area contributed by atoms with Crippen LogP contribution >= 0.6 is 0 Å². The number of pyridine rings is 1. The highest BCUT2D eigenvalue weighted by molar-refractivity contribution is 5.68. The number of hydrogen-bond acceptors (Lipinski definition) is 14. The van der Waals surface area contributed by atoms with Crippen molar-refractivity contribution >= 4 is 29.6 Å². The average molecular weight is 521 g/mol. The lowest BCUT2D eigenvalue weighted by atomic mass is 9.97. The summed E-state index contributed by atoms with van der Waals surface area (Å²) < 4.78 is 28.3. The van der Waals surface area contributed by atoms with Crippen molar-refractivity contribution in [2.75, 3.05) is 6.61 Å². The first-order valence-corrected chi connectivity index (χ1v) is 10.8. The molecule has 2 aromatic heterocycles. The molecule has 0 spiro atoms. The van der Waals surface area contributed by atoms with Gasteiger partial charge in [-0.1, -0.05) is 5.21 Å². The van der Waals surface area contributed by atoms with Gasteiger partial charge in [-0.25, -0.2) is 9.67 Å². The minimum atomic E-state index is -1.38. The first kappa shape index (κ1) is 27.1. The van der Waals surface area contributed by atoms with E-state index in [-0.39, 0.29) is 17.1 Å². The maximum atomic E-state index is 12.0. The van der Waals surface area contributed by atoms with Gasteiger partial charge in [0.05, 0.1) is 16.8 Å². The van der Waals surface area contributed by atoms with E-state index in [1.54, 1.807) is 0 Å². The smallest absolute Gasteiger partial charge is 0.303 e. The molecule has 0 saturated carbocycles. The third kappa shape index (κ3) is 6.81. The molecule has 1 aliphatic rings. The number of ether oxygens (including phenoxy) is 5. The van der Waals surface area contributed by atoms with Crippen LogP contribution in [0.5, 0.6) is 0 Å². The average Bonchev–Trinajstić information content (AvgIpc) is 3.29. The van der Waals surface area contributed by atoms with Crippen LogP contribution in [-0.2, 0) is 42.9 Å². The van der Waals surface area contributed by atoms with Crippen molar-refractivity contribution in [3.8, 4) is 11.4 Å². The van der Waals surface area contributed by atoms with Gasteiger partial charge in [0, 0.05) is 33.8 Å². The second-order valence-corrected chi connectivity index (χ2v) is 7.83. The highest BCUT2D eigenvalue weighted by Crippen LogP contribution is 2.35. The van der Waals surface area contributed by atoms with E-state index in [1.807, 2.05) is 0 Å². The number of nitrogens with zero attached hydrogens (tertiary/aromatic N) is 5. The third-order valence-electron chi connectivity index (χ3n) is 4.96. The molecule has 16 heteroatoms. The first-order chi connectivity index (χ1) is 17.5. The predicted molar refractivity (Wildman–Crippen MR) is 117 cm³/mol. The third-order valence-corrected chi connectivity index (χ3v) is 4.96. The Morgan fingerprint density at radius 3 is 2.11 bits per heavy atom. The maximum absolute atomic E-state index is 12.0. The van der Waals surface area contributed by atoms with Crippen molar-refractivity contribution in [2.24, 2.45) is 0 Å². The fourth-order valence-corrected chi connectivity index (χ4v) is 3.58. The molecule has 0 bridgehead atoms. The first-order valence-electron chi connectivity index (χ1n) is 10.8.